The molecule has 5 nitrogen and oxygen atoms in total. The molecule has 1 aliphatic carbocycles. The molecule has 31 heavy (non-hydrogen) atoms. The number of methoxy groups -OCH3 is 2. The number of piperidine rings is 1. The summed E-state index contributed by atoms with van der Waals surface area (Å²) in [7, 11) is 3.44. The summed E-state index contributed by atoms with van der Waals surface area (Å²) in [6.45, 7) is 1.90. The second kappa shape index (κ2) is 9.94. The summed E-state index contributed by atoms with van der Waals surface area (Å²) in [5.41, 5.74) is 2.29. The van der Waals surface area contributed by atoms with Gasteiger partial charge >= 0.3 is 5.97 Å². The molecule has 0 radical (unpaired) electrons. The molecule has 2 aliphatic rings. The predicted molar refractivity (Wildman–Crippen MR) is 119 cm³/mol. The SMILES string of the molecule is COC1(OC)CCC2C(CC(C(=O)OCc3ccccc3)CN2Cc2ccccc2)C1. The molecule has 0 aromatic heterocycles. The van der Waals surface area contributed by atoms with Crippen LogP contribution in [0.5, 0.6) is 0 Å². The molecule has 1 heterocycles. The first-order valence-electron chi connectivity index (χ1n) is 11.2. The van der Waals surface area contributed by atoms with E-state index in [1.165, 1.54) is 5.56 Å². The van der Waals surface area contributed by atoms with Gasteiger partial charge < -0.3 is 14.2 Å². The Kier molecular flexibility index (Phi) is 7.06. The van der Waals surface area contributed by atoms with E-state index in [1.807, 2.05) is 36.4 Å². The molecule has 166 valence electrons. The Morgan fingerprint density at radius 1 is 1.00 bits per heavy atom. The minimum atomic E-state index is -0.546. The summed E-state index contributed by atoms with van der Waals surface area (Å²) < 4.78 is 17.3. The lowest BCUT2D eigenvalue weighted by Gasteiger charge is -2.51. The van der Waals surface area contributed by atoms with E-state index >= 15 is 0 Å². The molecule has 0 amide bonds. The number of carbonyl (C=O) groups is 1. The van der Waals surface area contributed by atoms with Crippen molar-refractivity contribution in [1.82, 2.24) is 4.90 Å². The van der Waals surface area contributed by atoms with Crippen molar-refractivity contribution in [2.75, 3.05) is 20.8 Å². The maximum Gasteiger partial charge on any atom is 0.310 e. The molecule has 0 spiro atoms. The lowest BCUT2D eigenvalue weighted by atomic mass is 9.72. The highest BCUT2D eigenvalue weighted by molar-refractivity contribution is 5.73. The van der Waals surface area contributed by atoms with Crippen LogP contribution in [0.4, 0.5) is 0 Å². The van der Waals surface area contributed by atoms with E-state index < -0.39 is 5.79 Å². The number of likely N-dealkylation sites (tertiary alicyclic amines) is 1. The van der Waals surface area contributed by atoms with Crippen molar-refractivity contribution < 1.29 is 19.0 Å². The molecule has 0 N–H and O–H groups in total. The fourth-order valence-electron chi connectivity index (χ4n) is 5.29. The Morgan fingerprint density at radius 3 is 2.29 bits per heavy atom. The van der Waals surface area contributed by atoms with Crippen LogP contribution in [0.15, 0.2) is 60.7 Å². The van der Waals surface area contributed by atoms with Crippen LogP contribution >= 0.6 is 0 Å². The largest absolute Gasteiger partial charge is 0.461 e. The lowest BCUT2D eigenvalue weighted by molar-refractivity contribution is -0.243. The maximum absolute atomic E-state index is 13.0. The molecular formula is C26H33NO4. The van der Waals surface area contributed by atoms with Crippen molar-refractivity contribution in [3.8, 4) is 0 Å². The smallest absolute Gasteiger partial charge is 0.310 e. The third-order valence-electron chi connectivity index (χ3n) is 6.98. The number of carbonyl (C=O) groups excluding carboxylic acids is 1. The first-order valence-corrected chi connectivity index (χ1v) is 11.2. The van der Waals surface area contributed by atoms with Gasteiger partial charge in [0, 0.05) is 46.2 Å². The van der Waals surface area contributed by atoms with E-state index in [9.17, 15) is 4.79 Å². The van der Waals surface area contributed by atoms with Gasteiger partial charge in [0.1, 0.15) is 6.61 Å². The maximum atomic E-state index is 13.0. The Balaban J connectivity index is 1.49. The van der Waals surface area contributed by atoms with Gasteiger partial charge in [0.25, 0.3) is 0 Å². The van der Waals surface area contributed by atoms with E-state index in [1.54, 1.807) is 14.2 Å². The number of rotatable bonds is 7. The Morgan fingerprint density at radius 2 is 1.65 bits per heavy atom. The molecule has 1 aliphatic heterocycles. The summed E-state index contributed by atoms with van der Waals surface area (Å²) in [5.74, 6) is -0.458. The van der Waals surface area contributed by atoms with Gasteiger partial charge in [-0.2, -0.15) is 0 Å². The van der Waals surface area contributed by atoms with Crippen molar-refractivity contribution in [1.29, 1.82) is 0 Å². The topological polar surface area (TPSA) is 48.0 Å². The molecule has 1 saturated carbocycles. The zero-order valence-electron chi connectivity index (χ0n) is 18.5. The van der Waals surface area contributed by atoms with Gasteiger partial charge in [-0.05, 0) is 29.9 Å². The van der Waals surface area contributed by atoms with Crippen LogP contribution in [0.1, 0.15) is 36.8 Å². The monoisotopic (exact) mass is 423 g/mol. The van der Waals surface area contributed by atoms with Crippen LogP contribution in [0.25, 0.3) is 0 Å². The minimum absolute atomic E-state index is 0.105. The summed E-state index contributed by atoms with van der Waals surface area (Å²) in [6, 6.07) is 20.8. The van der Waals surface area contributed by atoms with Crippen LogP contribution in [0.3, 0.4) is 0 Å². The standard InChI is InChI=1S/C26H33NO4/c1-29-26(30-2)14-13-24-22(16-26)15-23(18-27(24)17-20-9-5-3-6-10-20)25(28)31-19-21-11-7-4-8-12-21/h3-12,22-24H,13-19H2,1-2H3. The summed E-state index contributed by atoms with van der Waals surface area (Å²) >= 11 is 0. The number of hydrogen-bond donors (Lipinski definition) is 0. The molecule has 0 bridgehead atoms. The van der Waals surface area contributed by atoms with Gasteiger partial charge in [0.2, 0.25) is 0 Å². The number of hydrogen-bond acceptors (Lipinski definition) is 5. The van der Waals surface area contributed by atoms with Crippen molar-refractivity contribution in [2.45, 2.75) is 50.7 Å². The number of nitrogens with zero attached hydrogens (tertiary/aromatic N) is 1. The van der Waals surface area contributed by atoms with Gasteiger partial charge in [-0.1, -0.05) is 60.7 Å². The van der Waals surface area contributed by atoms with E-state index in [-0.39, 0.29) is 11.9 Å². The molecule has 3 atom stereocenters. The minimum Gasteiger partial charge on any atom is -0.461 e. The Bertz CT molecular complexity index is 837. The molecule has 2 fully saturated rings. The van der Waals surface area contributed by atoms with Crippen molar-refractivity contribution >= 4 is 5.97 Å². The average Bonchev–Trinajstić information content (AvgIpc) is 2.83. The highest BCUT2D eigenvalue weighted by Crippen LogP contribution is 2.44. The Labute approximate surface area is 185 Å². The number of esters is 1. The third-order valence-corrected chi connectivity index (χ3v) is 6.98. The predicted octanol–water partition coefficient (Wildman–Crippen LogP) is 4.41. The van der Waals surface area contributed by atoms with E-state index in [4.69, 9.17) is 14.2 Å². The van der Waals surface area contributed by atoms with Crippen LogP contribution < -0.4 is 0 Å². The van der Waals surface area contributed by atoms with E-state index in [0.29, 0.717) is 18.6 Å². The van der Waals surface area contributed by atoms with Crippen LogP contribution in [-0.4, -0.2) is 43.5 Å². The third kappa shape index (κ3) is 5.17. The first-order chi connectivity index (χ1) is 15.1. The molecule has 3 unspecified atom stereocenters. The van der Waals surface area contributed by atoms with Crippen molar-refractivity contribution in [2.24, 2.45) is 11.8 Å². The van der Waals surface area contributed by atoms with Crippen LogP contribution in [-0.2, 0) is 32.2 Å². The zero-order chi connectivity index (χ0) is 21.7. The summed E-state index contributed by atoms with van der Waals surface area (Å²) in [5, 5.41) is 0. The molecule has 2 aromatic rings. The highest BCUT2D eigenvalue weighted by atomic mass is 16.7. The Hall–Kier alpha value is -2.21. The molecule has 1 saturated heterocycles. The fraction of sp³-hybridized carbons (Fsp3) is 0.500. The first kappa shape index (κ1) is 22.0. The number of ether oxygens (including phenoxy) is 3. The zero-order valence-corrected chi connectivity index (χ0v) is 18.5. The van der Waals surface area contributed by atoms with Gasteiger partial charge in [-0.3, -0.25) is 9.69 Å². The lowest BCUT2D eigenvalue weighted by Crippen LogP contribution is -2.56. The molecule has 4 rings (SSSR count). The van der Waals surface area contributed by atoms with Crippen molar-refractivity contribution in [3.63, 3.8) is 0 Å². The normalized spacial score (nSPS) is 25.5. The van der Waals surface area contributed by atoms with E-state index in [0.717, 1.165) is 44.3 Å². The molecule has 5 heteroatoms. The number of benzene rings is 2. The number of fused-ring (bicyclic) bond motifs is 1. The fourth-order valence-corrected chi connectivity index (χ4v) is 5.29. The summed E-state index contributed by atoms with van der Waals surface area (Å²) in [4.78, 5) is 15.5. The van der Waals surface area contributed by atoms with Gasteiger partial charge in [-0.15, -0.1) is 0 Å². The second-order valence-electron chi connectivity index (χ2n) is 8.83. The van der Waals surface area contributed by atoms with Crippen LogP contribution in [0.2, 0.25) is 0 Å². The van der Waals surface area contributed by atoms with Crippen LogP contribution in [0, 0.1) is 11.8 Å². The highest BCUT2D eigenvalue weighted by Gasteiger charge is 2.48. The van der Waals surface area contributed by atoms with E-state index in [2.05, 4.69) is 29.2 Å². The summed E-state index contributed by atoms with van der Waals surface area (Å²) in [6.07, 6.45) is 3.50. The van der Waals surface area contributed by atoms with Gasteiger partial charge in [-0.25, -0.2) is 0 Å². The average molecular weight is 424 g/mol. The quantitative estimate of drug-likeness (QED) is 0.488. The van der Waals surface area contributed by atoms with Gasteiger partial charge in [0.15, 0.2) is 5.79 Å². The van der Waals surface area contributed by atoms with Gasteiger partial charge in [0.05, 0.1) is 5.92 Å². The van der Waals surface area contributed by atoms with Crippen molar-refractivity contribution in [3.05, 3.63) is 71.8 Å². The molecular weight excluding hydrogens is 390 g/mol. The molecule has 2 aromatic carbocycles. The second-order valence-corrected chi connectivity index (χ2v) is 8.83.